The first-order valence-electron chi connectivity index (χ1n) is 4.11. The molecule has 1 aromatic rings. The van der Waals surface area contributed by atoms with Crippen LogP contribution in [0.1, 0.15) is 6.92 Å². The molecule has 0 unspecified atom stereocenters. The van der Waals surface area contributed by atoms with E-state index in [1.165, 1.54) is 12.1 Å². The Bertz CT molecular complexity index is 428. The lowest BCUT2D eigenvalue weighted by Crippen LogP contribution is -2.13. The van der Waals surface area contributed by atoms with Crippen molar-refractivity contribution in [3.05, 3.63) is 18.2 Å². The third-order valence-electron chi connectivity index (χ3n) is 1.72. The second kappa shape index (κ2) is 3.85. The number of hydrogen-bond acceptors (Lipinski definition) is 4. The minimum Gasteiger partial charge on any atom is -0.397 e. The number of nitrogen functional groups attached to an aromatic ring is 1. The van der Waals surface area contributed by atoms with Crippen LogP contribution >= 0.6 is 0 Å². The van der Waals surface area contributed by atoms with Gasteiger partial charge >= 0.3 is 0 Å². The predicted octanol–water partition coefficient (Wildman–Crippen LogP) is 0.348. The second-order valence-electron chi connectivity index (χ2n) is 2.82. The van der Waals surface area contributed by atoms with Crippen molar-refractivity contribution in [3.63, 3.8) is 0 Å². The van der Waals surface area contributed by atoms with E-state index in [9.17, 15) is 8.42 Å². The van der Waals surface area contributed by atoms with Crippen LogP contribution in [-0.2, 0) is 10.0 Å². The molecule has 5 nitrogen and oxygen atoms in total. The molecule has 5 N–H and O–H groups in total. The van der Waals surface area contributed by atoms with Crippen LogP contribution in [0.5, 0.6) is 0 Å². The highest BCUT2D eigenvalue weighted by atomic mass is 32.2. The highest BCUT2D eigenvalue weighted by molar-refractivity contribution is 7.89. The number of hydrogen-bond donors (Lipinski definition) is 3. The van der Waals surface area contributed by atoms with Crippen molar-refractivity contribution in [2.24, 2.45) is 5.14 Å². The molecule has 0 radical (unpaired) electrons. The summed E-state index contributed by atoms with van der Waals surface area (Å²) >= 11 is 0. The third kappa shape index (κ3) is 2.36. The standard InChI is InChI=1S/C8H13N3O2S/c1-2-11-8-4-3-6(5-7(8)9)14(10,12)13/h3-5,11H,2,9H2,1H3,(H2,10,12,13). The van der Waals surface area contributed by atoms with Crippen molar-refractivity contribution in [2.75, 3.05) is 17.6 Å². The largest absolute Gasteiger partial charge is 0.397 e. The van der Waals surface area contributed by atoms with Gasteiger partial charge in [-0.05, 0) is 25.1 Å². The normalized spacial score (nSPS) is 11.3. The minimum atomic E-state index is -3.66. The summed E-state index contributed by atoms with van der Waals surface area (Å²) in [6.45, 7) is 2.64. The molecule has 0 bridgehead atoms. The molecule has 78 valence electrons. The molecule has 0 saturated carbocycles. The first-order valence-corrected chi connectivity index (χ1v) is 5.66. The van der Waals surface area contributed by atoms with Gasteiger partial charge in [0.05, 0.1) is 16.3 Å². The molecular formula is C8H13N3O2S. The smallest absolute Gasteiger partial charge is 0.238 e. The average molecular weight is 215 g/mol. The highest BCUT2D eigenvalue weighted by Crippen LogP contribution is 2.21. The van der Waals surface area contributed by atoms with Gasteiger partial charge in [-0.3, -0.25) is 0 Å². The van der Waals surface area contributed by atoms with Gasteiger partial charge in [0.1, 0.15) is 0 Å². The van der Waals surface area contributed by atoms with Crippen LogP contribution in [0.2, 0.25) is 0 Å². The molecule has 6 heteroatoms. The van der Waals surface area contributed by atoms with Crippen LogP contribution in [0.3, 0.4) is 0 Å². The number of nitrogens with one attached hydrogen (secondary N) is 1. The van der Waals surface area contributed by atoms with Gasteiger partial charge < -0.3 is 11.1 Å². The fourth-order valence-electron chi connectivity index (χ4n) is 1.07. The summed E-state index contributed by atoms with van der Waals surface area (Å²) in [5.41, 5.74) is 6.70. The third-order valence-corrected chi connectivity index (χ3v) is 2.63. The van der Waals surface area contributed by atoms with Crippen LogP contribution in [0.25, 0.3) is 0 Å². The SMILES string of the molecule is CCNc1ccc(S(N)(=O)=O)cc1N. The van der Waals surface area contributed by atoms with Crippen LogP contribution in [0, 0.1) is 0 Å². The van der Waals surface area contributed by atoms with E-state index in [0.717, 1.165) is 6.54 Å². The highest BCUT2D eigenvalue weighted by Gasteiger charge is 2.09. The molecule has 1 rings (SSSR count). The van der Waals surface area contributed by atoms with Gasteiger partial charge in [-0.2, -0.15) is 0 Å². The molecule has 0 heterocycles. The predicted molar refractivity (Wildman–Crippen MR) is 56.4 cm³/mol. The van der Waals surface area contributed by atoms with Crippen LogP contribution in [0.4, 0.5) is 11.4 Å². The Labute approximate surface area is 83.2 Å². The zero-order valence-corrected chi connectivity index (χ0v) is 8.64. The Balaban J connectivity index is 3.13. The molecule has 0 amide bonds. The Hall–Kier alpha value is -1.27. The van der Waals surface area contributed by atoms with Gasteiger partial charge in [0.25, 0.3) is 0 Å². The monoisotopic (exact) mass is 215 g/mol. The van der Waals surface area contributed by atoms with Gasteiger partial charge in [0.15, 0.2) is 0 Å². The van der Waals surface area contributed by atoms with Gasteiger partial charge in [-0.25, -0.2) is 13.6 Å². The van der Waals surface area contributed by atoms with Crippen LogP contribution in [0.15, 0.2) is 23.1 Å². The first-order chi connectivity index (χ1) is 6.45. The van der Waals surface area contributed by atoms with E-state index < -0.39 is 10.0 Å². The summed E-state index contributed by atoms with van der Waals surface area (Å²) in [6, 6.07) is 4.36. The van der Waals surface area contributed by atoms with Crippen LogP contribution < -0.4 is 16.2 Å². The Morgan fingerprint density at radius 2 is 2.07 bits per heavy atom. The zero-order valence-electron chi connectivity index (χ0n) is 7.82. The van der Waals surface area contributed by atoms with E-state index in [1.54, 1.807) is 6.07 Å². The molecule has 0 aliphatic carbocycles. The van der Waals surface area contributed by atoms with Crippen molar-refractivity contribution < 1.29 is 8.42 Å². The molecule has 0 aromatic heterocycles. The molecule has 14 heavy (non-hydrogen) atoms. The maximum Gasteiger partial charge on any atom is 0.238 e. The van der Waals surface area contributed by atoms with Gasteiger partial charge in [0.2, 0.25) is 10.0 Å². The average Bonchev–Trinajstić information content (AvgIpc) is 2.07. The first kappa shape index (κ1) is 10.8. The summed E-state index contributed by atoms with van der Waals surface area (Å²) < 4.78 is 21.9. The maximum absolute atomic E-state index is 11.0. The lowest BCUT2D eigenvalue weighted by atomic mass is 10.2. The van der Waals surface area contributed by atoms with E-state index in [1.807, 2.05) is 6.92 Å². The second-order valence-corrected chi connectivity index (χ2v) is 4.39. The van der Waals surface area contributed by atoms with Gasteiger partial charge in [-0.1, -0.05) is 0 Å². The van der Waals surface area contributed by atoms with Crippen molar-refractivity contribution in [2.45, 2.75) is 11.8 Å². The number of benzene rings is 1. The van der Waals surface area contributed by atoms with E-state index in [4.69, 9.17) is 10.9 Å². The molecular weight excluding hydrogens is 202 g/mol. The number of nitrogens with two attached hydrogens (primary N) is 2. The van der Waals surface area contributed by atoms with Crippen molar-refractivity contribution in [1.82, 2.24) is 0 Å². The van der Waals surface area contributed by atoms with Crippen molar-refractivity contribution in [3.8, 4) is 0 Å². The number of anilines is 2. The number of rotatable bonds is 3. The Kier molecular flexibility index (Phi) is 2.97. The maximum atomic E-state index is 11.0. The topological polar surface area (TPSA) is 98.2 Å². The van der Waals surface area contributed by atoms with Crippen molar-refractivity contribution >= 4 is 21.4 Å². The fourth-order valence-corrected chi connectivity index (χ4v) is 1.62. The minimum absolute atomic E-state index is 0.0247. The van der Waals surface area contributed by atoms with E-state index in [-0.39, 0.29) is 4.90 Å². The molecule has 1 aromatic carbocycles. The number of sulfonamides is 1. The molecule has 0 saturated heterocycles. The van der Waals surface area contributed by atoms with E-state index >= 15 is 0 Å². The molecule has 0 spiro atoms. The summed E-state index contributed by atoms with van der Waals surface area (Å²) in [6.07, 6.45) is 0. The molecule has 0 fully saturated rings. The summed E-state index contributed by atoms with van der Waals surface area (Å²) in [5.74, 6) is 0. The Morgan fingerprint density at radius 1 is 1.43 bits per heavy atom. The fraction of sp³-hybridized carbons (Fsp3) is 0.250. The van der Waals surface area contributed by atoms with Gasteiger partial charge in [0, 0.05) is 6.54 Å². The lowest BCUT2D eigenvalue weighted by molar-refractivity contribution is 0.598. The summed E-state index contributed by atoms with van der Waals surface area (Å²) in [4.78, 5) is 0.0247. The van der Waals surface area contributed by atoms with Crippen LogP contribution in [-0.4, -0.2) is 15.0 Å². The molecule has 0 aliphatic rings. The summed E-state index contributed by atoms with van der Waals surface area (Å²) in [5, 5.41) is 7.94. The molecule has 0 atom stereocenters. The summed E-state index contributed by atoms with van der Waals surface area (Å²) in [7, 11) is -3.66. The molecule has 0 aliphatic heterocycles. The van der Waals surface area contributed by atoms with Gasteiger partial charge in [-0.15, -0.1) is 0 Å². The lowest BCUT2D eigenvalue weighted by Gasteiger charge is -2.07. The Morgan fingerprint density at radius 3 is 2.50 bits per heavy atom. The van der Waals surface area contributed by atoms with E-state index in [2.05, 4.69) is 5.32 Å². The number of primary sulfonamides is 1. The quantitative estimate of drug-likeness (QED) is 0.633. The zero-order chi connectivity index (χ0) is 10.8. The van der Waals surface area contributed by atoms with Crippen molar-refractivity contribution in [1.29, 1.82) is 0 Å². The van der Waals surface area contributed by atoms with E-state index in [0.29, 0.717) is 11.4 Å².